The van der Waals surface area contributed by atoms with Crippen LogP contribution in [0.2, 0.25) is 0 Å². The highest BCUT2D eigenvalue weighted by molar-refractivity contribution is 5.51. The van der Waals surface area contributed by atoms with Crippen LogP contribution in [0.1, 0.15) is 11.8 Å². The van der Waals surface area contributed by atoms with Gasteiger partial charge >= 0.3 is 0 Å². The number of rotatable bonds is 2. The lowest BCUT2D eigenvalue weighted by atomic mass is 10.2. The van der Waals surface area contributed by atoms with Crippen LogP contribution in [0.25, 0.3) is 0 Å². The van der Waals surface area contributed by atoms with Gasteiger partial charge in [0.25, 0.3) is 0 Å². The van der Waals surface area contributed by atoms with Crippen molar-refractivity contribution >= 4 is 5.69 Å². The molecule has 0 amide bonds. The van der Waals surface area contributed by atoms with Crippen molar-refractivity contribution in [2.45, 2.75) is 6.23 Å². The van der Waals surface area contributed by atoms with Gasteiger partial charge in [0.15, 0.2) is 0 Å². The van der Waals surface area contributed by atoms with E-state index in [4.69, 9.17) is 4.74 Å². The van der Waals surface area contributed by atoms with Crippen molar-refractivity contribution in [3.05, 3.63) is 72.9 Å². The Hall–Kier alpha value is -2.29. The van der Waals surface area contributed by atoms with Gasteiger partial charge in [-0.05, 0) is 24.3 Å². The fourth-order valence-corrected chi connectivity index (χ4v) is 1.91. The van der Waals surface area contributed by atoms with Gasteiger partial charge in [-0.25, -0.2) is 0 Å². The largest absolute Gasteiger partial charge is 0.472 e. The number of nitrogens with zero attached hydrogens (tertiary/aromatic N) is 2. The Labute approximate surface area is 100.0 Å². The second-order valence-electron chi connectivity index (χ2n) is 3.80. The van der Waals surface area contributed by atoms with Gasteiger partial charge < -0.3 is 9.64 Å². The van der Waals surface area contributed by atoms with Crippen LogP contribution in [0.5, 0.6) is 0 Å². The third-order valence-electron chi connectivity index (χ3n) is 2.73. The molecule has 3 rings (SSSR count). The molecule has 0 spiro atoms. The molecule has 1 aliphatic heterocycles. The molecule has 84 valence electrons. The quantitative estimate of drug-likeness (QED) is 0.783. The summed E-state index contributed by atoms with van der Waals surface area (Å²) in [6.45, 7) is 0. The molecule has 0 radical (unpaired) electrons. The summed E-state index contributed by atoms with van der Waals surface area (Å²) in [4.78, 5) is 6.11. The van der Waals surface area contributed by atoms with Gasteiger partial charge in [0.05, 0.1) is 0 Å². The first kappa shape index (κ1) is 9.90. The lowest BCUT2D eigenvalue weighted by molar-refractivity contribution is 0.174. The Balaban J connectivity index is 1.93. The highest BCUT2D eigenvalue weighted by Gasteiger charge is 2.23. The maximum absolute atomic E-state index is 5.62. The molecule has 1 aromatic carbocycles. The van der Waals surface area contributed by atoms with E-state index in [1.807, 2.05) is 36.5 Å². The highest BCUT2D eigenvalue weighted by atomic mass is 16.5. The molecular weight excluding hydrogens is 212 g/mol. The van der Waals surface area contributed by atoms with E-state index >= 15 is 0 Å². The van der Waals surface area contributed by atoms with Crippen LogP contribution in [0.4, 0.5) is 5.69 Å². The van der Waals surface area contributed by atoms with Crippen molar-refractivity contribution in [2.75, 3.05) is 4.90 Å². The first-order valence-corrected chi connectivity index (χ1v) is 5.50. The van der Waals surface area contributed by atoms with Crippen molar-refractivity contribution in [1.82, 2.24) is 4.98 Å². The first-order valence-electron chi connectivity index (χ1n) is 5.50. The summed E-state index contributed by atoms with van der Waals surface area (Å²) < 4.78 is 5.62. The van der Waals surface area contributed by atoms with Crippen LogP contribution in [0, 0.1) is 0 Å². The molecule has 1 unspecified atom stereocenters. The minimum absolute atomic E-state index is 0.0969. The van der Waals surface area contributed by atoms with E-state index < -0.39 is 0 Å². The smallest absolute Gasteiger partial charge is 0.201 e. The summed E-state index contributed by atoms with van der Waals surface area (Å²) in [5.41, 5.74) is 2.21. The van der Waals surface area contributed by atoms with Crippen molar-refractivity contribution in [2.24, 2.45) is 0 Å². The third kappa shape index (κ3) is 1.87. The van der Waals surface area contributed by atoms with E-state index in [9.17, 15) is 0 Å². The second kappa shape index (κ2) is 4.29. The van der Waals surface area contributed by atoms with Crippen LogP contribution < -0.4 is 4.90 Å². The fraction of sp³-hybridized carbons (Fsp3) is 0.0714. The Morgan fingerprint density at radius 3 is 2.53 bits per heavy atom. The van der Waals surface area contributed by atoms with Crippen molar-refractivity contribution in [3.8, 4) is 0 Å². The number of hydrogen-bond donors (Lipinski definition) is 0. The monoisotopic (exact) mass is 224 g/mol. The minimum Gasteiger partial charge on any atom is -0.472 e. The molecule has 2 aromatic rings. The number of para-hydroxylation sites is 1. The maximum atomic E-state index is 5.62. The average Bonchev–Trinajstić information content (AvgIpc) is 2.90. The van der Waals surface area contributed by atoms with Gasteiger partial charge in [-0.15, -0.1) is 0 Å². The maximum Gasteiger partial charge on any atom is 0.201 e. The summed E-state index contributed by atoms with van der Waals surface area (Å²) in [5.74, 6) is 0. The summed E-state index contributed by atoms with van der Waals surface area (Å²) in [7, 11) is 0. The molecule has 2 heterocycles. The molecule has 0 aliphatic carbocycles. The Bertz CT molecular complexity index is 510. The number of hydrogen-bond acceptors (Lipinski definition) is 3. The summed E-state index contributed by atoms with van der Waals surface area (Å²) >= 11 is 0. The Kier molecular flexibility index (Phi) is 2.50. The highest BCUT2D eigenvalue weighted by Crippen LogP contribution is 2.32. The molecule has 0 saturated carbocycles. The molecule has 0 bridgehead atoms. The number of anilines is 1. The van der Waals surface area contributed by atoms with Gasteiger partial charge in [-0.3, -0.25) is 4.98 Å². The summed E-state index contributed by atoms with van der Waals surface area (Å²) in [5, 5.41) is 0. The number of aromatic nitrogens is 1. The van der Waals surface area contributed by atoms with Crippen LogP contribution in [0.15, 0.2) is 67.3 Å². The lowest BCUT2D eigenvalue weighted by Gasteiger charge is -2.24. The van der Waals surface area contributed by atoms with E-state index in [0.717, 1.165) is 11.3 Å². The van der Waals surface area contributed by atoms with Crippen LogP contribution in [0.3, 0.4) is 0 Å². The zero-order valence-electron chi connectivity index (χ0n) is 9.23. The van der Waals surface area contributed by atoms with Gasteiger partial charge in [0, 0.05) is 29.8 Å². The van der Waals surface area contributed by atoms with Crippen molar-refractivity contribution in [3.63, 3.8) is 0 Å². The molecular formula is C14H12N2O. The molecule has 0 saturated heterocycles. The molecule has 17 heavy (non-hydrogen) atoms. The van der Waals surface area contributed by atoms with Crippen molar-refractivity contribution in [1.29, 1.82) is 0 Å². The van der Waals surface area contributed by atoms with Gasteiger partial charge in [-0.1, -0.05) is 18.2 Å². The van der Waals surface area contributed by atoms with E-state index in [1.165, 1.54) is 0 Å². The van der Waals surface area contributed by atoms with E-state index in [-0.39, 0.29) is 6.23 Å². The molecule has 0 N–H and O–H groups in total. The topological polar surface area (TPSA) is 25.4 Å². The van der Waals surface area contributed by atoms with E-state index in [1.54, 1.807) is 18.7 Å². The fourth-order valence-electron chi connectivity index (χ4n) is 1.91. The standard InChI is InChI=1S/C14H12N2O/c1-2-4-13(5-3-1)16-10-11-17-14(16)12-6-8-15-9-7-12/h1-11,14H. The Morgan fingerprint density at radius 1 is 1.00 bits per heavy atom. The molecule has 1 atom stereocenters. The predicted molar refractivity (Wildman–Crippen MR) is 66.1 cm³/mol. The van der Waals surface area contributed by atoms with Gasteiger partial charge in [0.2, 0.25) is 6.23 Å². The van der Waals surface area contributed by atoms with E-state index in [0.29, 0.717) is 0 Å². The molecule has 0 fully saturated rings. The molecule has 3 heteroatoms. The summed E-state index contributed by atoms with van der Waals surface area (Å²) in [6.07, 6.45) is 7.12. The second-order valence-corrected chi connectivity index (χ2v) is 3.80. The zero-order chi connectivity index (χ0) is 11.5. The average molecular weight is 224 g/mol. The number of benzene rings is 1. The molecule has 3 nitrogen and oxygen atoms in total. The van der Waals surface area contributed by atoms with Crippen molar-refractivity contribution < 1.29 is 4.74 Å². The zero-order valence-corrected chi connectivity index (χ0v) is 9.23. The van der Waals surface area contributed by atoms with Gasteiger partial charge in [-0.2, -0.15) is 0 Å². The third-order valence-corrected chi connectivity index (χ3v) is 2.73. The first-order chi connectivity index (χ1) is 8.45. The molecule has 1 aromatic heterocycles. The lowest BCUT2D eigenvalue weighted by Crippen LogP contribution is -2.19. The van der Waals surface area contributed by atoms with Crippen LogP contribution in [-0.2, 0) is 4.74 Å². The molecule has 1 aliphatic rings. The van der Waals surface area contributed by atoms with Crippen LogP contribution >= 0.6 is 0 Å². The van der Waals surface area contributed by atoms with Gasteiger partial charge in [0.1, 0.15) is 6.26 Å². The Morgan fingerprint density at radius 2 is 1.76 bits per heavy atom. The SMILES string of the molecule is C1=CN(c2ccccc2)C(c2ccncc2)O1. The van der Waals surface area contributed by atoms with Crippen LogP contribution in [-0.4, -0.2) is 4.98 Å². The normalized spacial score (nSPS) is 18.1. The predicted octanol–water partition coefficient (Wildman–Crippen LogP) is 3.09. The number of ether oxygens (including phenoxy) is 1. The number of pyridine rings is 1. The minimum atomic E-state index is -0.0969. The van der Waals surface area contributed by atoms with E-state index in [2.05, 4.69) is 22.0 Å². The summed E-state index contributed by atoms with van der Waals surface area (Å²) in [6, 6.07) is 14.1.